The van der Waals surface area contributed by atoms with Crippen LogP contribution in [0.2, 0.25) is 0 Å². The van der Waals surface area contributed by atoms with E-state index in [0.29, 0.717) is 22.6 Å². The second-order valence-corrected chi connectivity index (χ2v) is 6.03. The maximum absolute atomic E-state index is 12.4. The second-order valence-electron chi connectivity index (χ2n) is 6.03. The van der Waals surface area contributed by atoms with Gasteiger partial charge in [-0.2, -0.15) is 0 Å². The molecule has 0 atom stereocenters. The zero-order valence-electron chi connectivity index (χ0n) is 14.7. The molecule has 0 saturated heterocycles. The standard InChI is InChI=1S/C22H19NO3/c1-15-6-10-20(11-7-15)26-21-12-8-17(9-13-21)22(25)23-19-5-3-4-18(14-19)16(2)24/h3-14H,1-2H3,(H,23,25). The molecule has 0 unspecified atom stereocenters. The first-order chi connectivity index (χ1) is 12.5. The number of ether oxygens (including phenoxy) is 1. The van der Waals surface area contributed by atoms with E-state index in [-0.39, 0.29) is 11.7 Å². The number of amides is 1. The summed E-state index contributed by atoms with van der Waals surface area (Å²) in [5.74, 6) is 1.11. The molecule has 130 valence electrons. The summed E-state index contributed by atoms with van der Waals surface area (Å²) in [5, 5.41) is 2.80. The lowest BCUT2D eigenvalue weighted by Crippen LogP contribution is -2.12. The van der Waals surface area contributed by atoms with Crippen LogP contribution in [0, 0.1) is 6.92 Å². The molecule has 3 aromatic rings. The van der Waals surface area contributed by atoms with Crippen molar-refractivity contribution in [3.63, 3.8) is 0 Å². The molecule has 0 heterocycles. The van der Waals surface area contributed by atoms with Crippen molar-refractivity contribution < 1.29 is 14.3 Å². The zero-order valence-corrected chi connectivity index (χ0v) is 14.7. The molecule has 3 rings (SSSR count). The molecule has 0 aromatic heterocycles. The summed E-state index contributed by atoms with van der Waals surface area (Å²) in [6, 6.07) is 21.5. The number of aryl methyl sites for hydroxylation is 1. The van der Waals surface area contributed by atoms with Crippen molar-refractivity contribution in [2.24, 2.45) is 0 Å². The molecule has 4 heteroatoms. The number of carbonyl (C=O) groups excluding carboxylic acids is 2. The van der Waals surface area contributed by atoms with Gasteiger partial charge in [-0.25, -0.2) is 0 Å². The van der Waals surface area contributed by atoms with E-state index < -0.39 is 0 Å². The summed E-state index contributed by atoms with van der Waals surface area (Å²) in [6.07, 6.45) is 0. The topological polar surface area (TPSA) is 55.4 Å². The van der Waals surface area contributed by atoms with E-state index in [9.17, 15) is 9.59 Å². The molecule has 1 N–H and O–H groups in total. The van der Waals surface area contributed by atoms with Crippen molar-refractivity contribution in [2.75, 3.05) is 5.32 Å². The third-order valence-corrected chi connectivity index (χ3v) is 3.90. The van der Waals surface area contributed by atoms with E-state index in [4.69, 9.17) is 4.74 Å². The van der Waals surface area contributed by atoms with Crippen molar-refractivity contribution in [1.29, 1.82) is 0 Å². The minimum Gasteiger partial charge on any atom is -0.457 e. The van der Waals surface area contributed by atoms with Crippen LogP contribution in [0.1, 0.15) is 33.2 Å². The van der Waals surface area contributed by atoms with Crippen molar-refractivity contribution in [3.8, 4) is 11.5 Å². The molecular formula is C22H19NO3. The summed E-state index contributed by atoms with van der Waals surface area (Å²) in [6.45, 7) is 3.51. The Morgan fingerprint density at radius 1 is 0.808 bits per heavy atom. The minimum absolute atomic E-state index is 0.0429. The van der Waals surface area contributed by atoms with Crippen LogP contribution >= 0.6 is 0 Å². The predicted molar refractivity (Wildman–Crippen MR) is 102 cm³/mol. The van der Waals surface area contributed by atoms with Gasteiger partial charge in [-0.1, -0.05) is 29.8 Å². The van der Waals surface area contributed by atoms with Gasteiger partial charge in [0.25, 0.3) is 5.91 Å². The first-order valence-corrected chi connectivity index (χ1v) is 8.28. The van der Waals surface area contributed by atoms with Crippen molar-refractivity contribution in [3.05, 3.63) is 89.5 Å². The Kier molecular flexibility index (Phi) is 5.13. The number of nitrogens with one attached hydrogen (secondary N) is 1. The first-order valence-electron chi connectivity index (χ1n) is 8.28. The van der Waals surface area contributed by atoms with Crippen LogP contribution in [0.5, 0.6) is 11.5 Å². The van der Waals surface area contributed by atoms with Gasteiger partial charge < -0.3 is 10.1 Å². The number of hydrogen-bond acceptors (Lipinski definition) is 3. The monoisotopic (exact) mass is 345 g/mol. The average molecular weight is 345 g/mol. The van der Waals surface area contributed by atoms with Gasteiger partial charge in [0.2, 0.25) is 0 Å². The molecule has 26 heavy (non-hydrogen) atoms. The molecule has 4 nitrogen and oxygen atoms in total. The highest BCUT2D eigenvalue weighted by Crippen LogP contribution is 2.22. The number of rotatable bonds is 5. The Morgan fingerprint density at radius 2 is 1.42 bits per heavy atom. The van der Waals surface area contributed by atoms with Crippen LogP contribution < -0.4 is 10.1 Å². The third kappa shape index (κ3) is 4.36. The summed E-state index contributed by atoms with van der Waals surface area (Å²) in [4.78, 5) is 23.8. The van der Waals surface area contributed by atoms with E-state index in [2.05, 4.69) is 5.32 Å². The SMILES string of the molecule is CC(=O)c1cccc(NC(=O)c2ccc(Oc3ccc(C)cc3)cc2)c1. The van der Waals surface area contributed by atoms with E-state index in [1.165, 1.54) is 12.5 Å². The van der Waals surface area contributed by atoms with Crippen LogP contribution in [-0.4, -0.2) is 11.7 Å². The van der Waals surface area contributed by atoms with Crippen molar-refractivity contribution in [1.82, 2.24) is 0 Å². The van der Waals surface area contributed by atoms with Gasteiger partial charge in [-0.05, 0) is 62.4 Å². The predicted octanol–water partition coefficient (Wildman–Crippen LogP) is 5.24. The number of ketones is 1. The molecule has 0 aliphatic heterocycles. The summed E-state index contributed by atoms with van der Waals surface area (Å²) in [7, 11) is 0. The van der Waals surface area contributed by atoms with Gasteiger partial charge in [0.05, 0.1) is 0 Å². The molecular weight excluding hydrogens is 326 g/mol. The van der Waals surface area contributed by atoms with Gasteiger partial charge in [0.15, 0.2) is 5.78 Å². The highest BCUT2D eigenvalue weighted by molar-refractivity contribution is 6.05. The van der Waals surface area contributed by atoms with Gasteiger partial charge in [0.1, 0.15) is 11.5 Å². The highest BCUT2D eigenvalue weighted by Gasteiger charge is 2.08. The fourth-order valence-corrected chi connectivity index (χ4v) is 2.44. The Bertz CT molecular complexity index is 928. The molecule has 0 saturated carbocycles. The van der Waals surface area contributed by atoms with E-state index in [1.807, 2.05) is 31.2 Å². The largest absolute Gasteiger partial charge is 0.457 e. The number of Topliss-reactive ketones (excluding diaryl/α,β-unsaturated/α-hetero) is 1. The fraction of sp³-hybridized carbons (Fsp3) is 0.0909. The Labute approximate surface area is 152 Å². The smallest absolute Gasteiger partial charge is 0.255 e. The summed E-state index contributed by atoms with van der Waals surface area (Å²) < 4.78 is 5.76. The van der Waals surface area contributed by atoms with Crippen LogP contribution in [-0.2, 0) is 0 Å². The molecule has 0 fully saturated rings. The molecule has 0 spiro atoms. The van der Waals surface area contributed by atoms with Crippen LogP contribution in [0.4, 0.5) is 5.69 Å². The van der Waals surface area contributed by atoms with Gasteiger partial charge in [0, 0.05) is 16.8 Å². The fourth-order valence-electron chi connectivity index (χ4n) is 2.44. The lowest BCUT2D eigenvalue weighted by atomic mass is 10.1. The molecule has 0 aliphatic carbocycles. The lowest BCUT2D eigenvalue weighted by Gasteiger charge is -2.08. The van der Waals surface area contributed by atoms with Crippen LogP contribution in [0.3, 0.4) is 0 Å². The third-order valence-electron chi connectivity index (χ3n) is 3.90. The quantitative estimate of drug-likeness (QED) is 0.643. The number of benzene rings is 3. The Hall–Kier alpha value is -3.40. The van der Waals surface area contributed by atoms with Crippen LogP contribution in [0.15, 0.2) is 72.8 Å². The number of anilines is 1. The highest BCUT2D eigenvalue weighted by atomic mass is 16.5. The van der Waals surface area contributed by atoms with Gasteiger partial charge in [-0.3, -0.25) is 9.59 Å². The molecule has 0 aliphatic rings. The number of carbonyl (C=O) groups is 2. The average Bonchev–Trinajstić information content (AvgIpc) is 2.64. The summed E-state index contributed by atoms with van der Waals surface area (Å²) in [5.41, 5.74) is 2.82. The van der Waals surface area contributed by atoms with Gasteiger partial charge >= 0.3 is 0 Å². The van der Waals surface area contributed by atoms with E-state index >= 15 is 0 Å². The van der Waals surface area contributed by atoms with Crippen LogP contribution in [0.25, 0.3) is 0 Å². The van der Waals surface area contributed by atoms with Gasteiger partial charge in [-0.15, -0.1) is 0 Å². The molecule has 0 bridgehead atoms. The normalized spacial score (nSPS) is 10.2. The summed E-state index contributed by atoms with van der Waals surface area (Å²) >= 11 is 0. The molecule has 3 aromatic carbocycles. The minimum atomic E-state index is -0.243. The first kappa shape index (κ1) is 17.4. The molecule has 0 radical (unpaired) electrons. The lowest BCUT2D eigenvalue weighted by molar-refractivity contribution is 0.101. The van der Waals surface area contributed by atoms with E-state index in [0.717, 1.165) is 5.75 Å². The maximum atomic E-state index is 12.4. The van der Waals surface area contributed by atoms with Crippen molar-refractivity contribution >= 4 is 17.4 Å². The van der Waals surface area contributed by atoms with E-state index in [1.54, 1.807) is 48.5 Å². The Morgan fingerprint density at radius 3 is 2.04 bits per heavy atom. The van der Waals surface area contributed by atoms with Crippen molar-refractivity contribution in [2.45, 2.75) is 13.8 Å². The zero-order chi connectivity index (χ0) is 18.5. The maximum Gasteiger partial charge on any atom is 0.255 e. The number of hydrogen-bond donors (Lipinski definition) is 1. The second kappa shape index (κ2) is 7.66. The molecule has 1 amide bonds. The Balaban J connectivity index is 1.68.